The summed E-state index contributed by atoms with van der Waals surface area (Å²) in [6, 6.07) is 19.3. The van der Waals surface area contributed by atoms with Gasteiger partial charge in [-0.25, -0.2) is 0 Å². The Morgan fingerprint density at radius 2 is 1.78 bits per heavy atom. The minimum absolute atomic E-state index is 0.351. The van der Waals surface area contributed by atoms with Gasteiger partial charge in [-0.15, -0.1) is 0 Å². The zero-order chi connectivity index (χ0) is 19.3. The third-order valence-electron chi connectivity index (χ3n) is 4.36. The fourth-order valence-corrected chi connectivity index (χ4v) is 2.75. The lowest BCUT2D eigenvalue weighted by Crippen LogP contribution is -2.42. The Balaban J connectivity index is 1.72. The molecule has 1 atom stereocenters. The van der Waals surface area contributed by atoms with Crippen molar-refractivity contribution in [3.63, 3.8) is 0 Å². The number of rotatable bonds is 10. The molecule has 2 rings (SSSR count). The van der Waals surface area contributed by atoms with Crippen molar-refractivity contribution in [3.8, 4) is 0 Å². The zero-order valence-electron chi connectivity index (χ0n) is 16.7. The van der Waals surface area contributed by atoms with Crippen LogP contribution in [0.5, 0.6) is 0 Å². The van der Waals surface area contributed by atoms with Crippen molar-refractivity contribution in [2.24, 2.45) is 4.99 Å². The number of benzene rings is 2. The number of nitrogens with zero attached hydrogens (tertiary/aromatic N) is 1. The van der Waals surface area contributed by atoms with E-state index in [0.29, 0.717) is 12.6 Å². The fourth-order valence-electron chi connectivity index (χ4n) is 2.75. The van der Waals surface area contributed by atoms with Gasteiger partial charge in [0.05, 0.1) is 6.61 Å². The molecule has 0 heterocycles. The number of ether oxygens (including phenoxy) is 1. The molecule has 0 bridgehead atoms. The van der Waals surface area contributed by atoms with Gasteiger partial charge >= 0.3 is 0 Å². The summed E-state index contributed by atoms with van der Waals surface area (Å²) in [4.78, 5) is 4.33. The van der Waals surface area contributed by atoms with Crippen LogP contribution in [0.15, 0.2) is 59.6 Å². The third kappa shape index (κ3) is 8.13. The van der Waals surface area contributed by atoms with E-state index in [0.717, 1.165) is 37.6 Å². The van der Waals surface area contributed by atoms with Crippen molar-refractivity contribution in [2.75, 3.05) is 32.6 Å². The van der Waals surface area contributed by atoms with Crippen molar-refractivity contribution in [1.29, 1.82) is 0 Å². The van der Waals surface area contributed by atoms with E-state index in [2.05, 4.69) is 82.5 Å². The Bertz CT molecular complexity index is 670. The first-order valence-corrected chi connectivity index (χ1v) is 9.54. The second kappa shape index (κ2) is 12.0. The summed E-state index contributed by atoms with van der Waals surface area (Å²) in [5.41, 5.74) is 3.69. The molecule has 0 aromatic heterocycles. The van der Waals surface area contributed by atoms with Crippen molar-refractivity contribution in [1.82, 2.24) is 10.6 Å². The highest BCUT2D eigenvalue weighted by molar-refractivity contribution is 5.79. The third-order valence-corrected chi connectivity index (χ3v) is 4.36. The summed E-state index contributed by atoms with van der Waals surface area (Å²) in [5, 5.41) is 10.2. The zero-order valence-corrected chi connectivity index (χ0v) is 16.7. The van der Waals surface area contributed by atoms with Crippen molar-refractivity contribution < 1.29 is 4.74 Å². The SMILES string of the molecule is CN=C(NCc1ccc(NCCOC)cc1)NC(C)CCc1ccccc1. The molecule has 3 N–H and O–H groups in total. The Morgan fingerprint density at radius 3 is 2.44 bits per heavy atom. The second-order valence-electron chi connectivity index (χ2n) is 6.61. The highest BCUT2D eigenvalue weighted by atomic mass is 16.5. The van der Waals surface area contributed by atoms with Crippen molar-refractivity contribution >= 4 is 11.6 Å². The van der Waals surface area contributed by atoms with Gasteiger partial charge in [-0.3, -0.25) is 4.99 Å². The van der Waals surface area contributed by atoms with Gasteiger partial charge in [0, 0.05) is 39.0 Å². The fraction of sp³-hybridized carbons (Fsp3) is 0.409. The van der Waals surface area contributed by atoms with Gasteiger partial charge in [0.2, 0.25) is 0 Å². The molecule has 5 heteroatoms. The molecule has 0 aliphatic heterocycles. The van der Waals surface area contributed by atoms with Gasteiger partial charge < -0.3 is 20.7 Å². The van der Waals surface area contributed by atoms with Crippen molar-refractivity contribution in [3.05, 3.63) is 65.7 Å². The topological polar surface area (TPSA) is 57.7 Å². The summed E-state index contributed by atoms with van der Waals surface area (Å²) < 4.78 is 5.05. The standard InChI is InChI=1S/C22H32N4O/c1-18(9-10-19-7-5-4-6-8-19)26-22(23-2)25-17-20-11-13-21(14-12-20)24-15-16-27-3/h4-8,11-14,18,24H,9-10,15-17H2,1-3H3,(H2,23,25,26). The lowest BCUT2D eigenvalue weighted by molar-refractivity contribution is 0.211. The van der Waals surface area contributed by atoms with Crippen LogP contribution in [0.1, 0.15) is 24.5 Å². The van der Waals surface area contributed by atoms with E-state index in [1.165, 1.54) is 11.1 Å². The average molecular weight is 369 g/mol. The van der Waals surface area contributed by atoms with Crippen LogP contribution in [-0.4, -0.2) is 39.3 Å². The number of guanidine groups is 1. The summed E-state index contributed by atoms with van der Waals surface area (Å²) in [5.74, 6) is 0.831. The van der Waals surface area contributed by atoms with Crippen molar-refractivity contribution in [2.45, 2.75) is 32.4 Å². The number of aliphatic imine (C=N–C) groups is 1. The maximum Gasteiger partial charge on any atom is 0.191 e. The molecule has 1 unspecified atom stereocenters. The molecule has 2 aromatic rings. The molecule has 0 fully saturated rings. The lowest BCUT2D eigenvalue weighted by Gasteiger charge is -2.18. The smallest absolute Gasteiger partial charge is 0.191 e. The highest BCUT2D eigenvalue weighted by Gasteiger charge is 2.06. The second-order valence-corrected chi connectivity index (χ2v) is 6.61. The van der Waals surface area contributed by atoms with Crippen LogP contribution >= 0.6 is 0 Å². The van der Waals surface area contributed by atoms with E-state index >= 15 is 0 Å². The van der Waals surface area contributed by atoms with E-state index in [1.54, 1.807) is 7.11 Å². The van der Waals surface area contributed by atoms with Crippen LogP contribution in [0, 0.1) is 0 Å². The molecule has 146 valence electrons. The van der Waals surface area contributed by atoms with Gasteiger partial charge in [-0.2, -0.15) is 0 Å². The molecule has 0 aliphatic carbocycles. The molecular formula is C22H32N4O. The Kier molecular flexibility index (Phi) is 9.21. The number of aryl methyl sites for hydroxylation is 1. The number of hydrogen-bond acceptors (Lipinski definition) is 3. The highest BCUT2D eigenvalue weighted by Crippen LogP contribution is 2.09. The van der Waals surface area contributed by atoms with Gasteiger partial charge in [0.1, 0.15) is 0 Å². The summed E-state index contributed by atoms with van der Waals surface area (Å²) in [6.45, 7) is 4.44. The first-order valence-electron chi connectivity index (χ1n) is 9.54. The van der Waals surface area contributed by atoms with Crippen LogP contribution in [0.2, 0.25) is 0 Å². The van der Waals surface area contributed by atoms with Gasteiger partial charge in [0.15, 0.2) is 5.96 Å². The summed E-state index contributed by atoms with van der Waals surface area (Å²) in [6.07, 6.45) is 2.12. The van der Waals surface area contributed by atoms with Crippen LogP contribution in [-0.2, 0) is 17.7 Å². The Labute approximate surface area is 163 Å². The Hall–Kier alpha value is -2.53. The van der Waals surface area contributed by atoms with Gasteiger partial charge in [0.25, 0.3) is 0 Å². The number of hydrogen-bond donors (Lipinski definition) is 3. The molecule has 0 aliphatic rings. The predicted molar refractivity (Wildman–Crippen MR) is 114 cm³/mol. The number of methoxy groups -OCH3 is 1. The first kappa shape index (κ1) is 20.8. The minimum atomic E-state index is 0.351. The normalized spacial score (nSPS) is 12.5. The molecule has 5 nitrogen and oxygen atoms in total. The van der Waals surface area contributed by atoms with E-state index in [-0.39, 0.29) is 0 Å². The molecule has 2 aromatic carbocycles. The maximum absolute atomic E-state index is 5.05. The molecule has 0 saturated carbocycles. The molecule has 27 heavy (non-hydrogen) atoms. The van der Waals surface area contributed by atoms with Crippen LogP contribution in [0.3, 0.4) is 0 Å². The largest absolute Gasteiger partial charge is 0.383 e. The summed E-state index contributed by atoms with van der Waals surface area (Å²) >= 11 is 0. The molecular weight excluding hydrogens is 336 g/mol. The number of nitrogens with one attached hydrogen (secondary N) is 3. The quantitative estimate of drug-likeness (QED) is 0.342. The monoisotopic (exact) mass is 368 g/mol. The van der Waals surface area contributed by atoms with Gasteiger partial charge in [-0.05, 0) is 43.0 Å². The minimum Gasteiger partial charge on any atom is -0.383 e. The van der Waals surface area contributed by atoms with Crippen LogP contribution in [0.4, 0.5) is 5.69 Å². The van der Waals surface area contributed by atoms with Crippen LogP contribution in [0.25, 0.3) is 0 Å². The van der Waals surface area contributed by atoms with E-state index in [9.17, 15) is 0 Å². The van der Waals surface area contributed by atoms with Crippen LogP contribution < -0.4 is 16.0 Å². The molecule has 0 radical (unpaired) electrons. The molecule has 0 saturated heterocycles. The van der Waals surface area contributed by atoms with Gasteiger partial charge in [-0.1, -0.05) is 42.5 Å². The van der Waals surface area contributed by atoms with E-state index in [4.69, 9.17) is 4.74 Å². The first-order chi connectivity index (χ1) is 13.2. The van der Waals surface area contributed by atoms with E-state index in [1.807, 2.05) is 7.05 Å². The Morgan fingerprint density at radius 1 is 1.04 bits per heavy atom. The maximum atomic E-state index is 5.05. The lowest BCUT2D eigenvalue weighted by atomic mass is 10.1. The predicted octanol–water partition coefficient (Wildman–Crippen LogP) is 3.43. The molecule has 0 amide bonds. The average Bonchev–Trinajstić information content (AvgIpc) is 2.71. The number of anilines is 1. The van der Waals surface area contributed by atoms with E-state index < -0.39 is 0 Å². The molecule has 0 spiro atoms. The summed E-state index contributed by atoms with van der Waals surface area (Å²) in [7, 11) is 3.52.